The van der Waals surface area contributed by atoms with Crippen LogP contribution in [0, 0.1) is 11.8 Å². The highest BCUT2D eigenvalue weighted by Gasteiger charge is 2.32. The van der Waals surface area contributed by atoms with E-state index in [2.05, 4.69) is 20.9 Å². The second-order valence-electron chi connectivity index (χ2n) is 9.92. The number of amides is 3. The van der Waals surface area contributed by atoms with E-state index >= 15 is 0 Å². The Morgan fingerprint density at radius 2 is 1.49 bits per heavy atom. The summed E-state index contributed by atoms with van der Waals surface area (Å²) in [5.41, 5.74) is 17.4. The SMILES string of the molecule is CCC(C)C(N)C(=O)NC(CCCN=C(N)N)C(=O)NC(Cc1ccc(O)cc1)C(=O)NC(C(=O)O)C(C)C. The molecular weight excluding hydrogens is 506 g/mol. The Labute approximate surface area is 229 Å². The summed E-state index contributed by atoms with van der Waals surface area (Å²) in [5.74, 6) is -3.72. The highest BCUT2D eigenvalue weighted by molar-refractivity contribution is 5.94. The van der Waals surface area contributed by atoms with Crippen molar-refractivity contribution in [2.75, 3.05) is 6.54 Å². The third-order valence-electron chi connectivity index (χ3n) is 6.38. The summed E-state index contributed by atoms with van der Waals surface area (Å²) in [4.78, 5) is 54.9. The average molecular weight is 550 g/mol. The molecule has 13 nitrogen and oxygen atoms in total. The predicted molar refractivity (Wildman–Crippen MR) is 147 cm³/mol. The van der Waals surface area contributed by atoms with Gasteiger partial charge in [0.25, 0.3) is 0 Å². The quantitative estimate of drug-likeness (QED) is 0.0756. The molecule has 0 fully saturated rings. The molecule has 13 heteroatoms. The van der Waals surface area contributed by atoms with Crippen LogP contribution in [0.2, 0.25) is 0 Å². The lowest BCUT2D eigenvalue weighted by molar-refractivity contribution is -0.143. The molecule has 0 bridgehead atoms. The largest absolute Gasteiger partial charge is 0.508 e. The van der Waals surface area contributed by atoms with Gasteiger partial charge in [0, 0.05) is 13.0 Å². The molecule has 0 saturated heterocycles. The van der Waals surface area contributed by atoms with E-state index in [9.17, 15) is 29.4 Å². The maximum absolute atomic E-state index is 13.4. The lowest BCUT2D eigenvalue weighted by atomic mass is 9.98. The Bertz CT molecular complexity index is 995. The van der Waals surface area contributed by atoms with Crippen LogP contribution in [0.15, 0.2) is 29.3 Å². The average Bonchev–Trinajstić information content (AvgIpc) is 2.87. The Morgan fingerprint density at radius 1 is 0.923 bits per heavy atom. The maximum atomic E-state index is 13.4. The number of nitrogens with one attached hydrogen (secondary N) is 3. The smallest absolute Gasteiger partial charge is 0.326 e. The number of nitrogens with zero attached hydrogens (tertiary/aromatic N) is 1. The van der Waals surface area contributed by atoms with Crippen LogP contribution in [0.4, 0.5) is 0 Å². The molecule has 1 rings (SSSR count). The van der Waals surface area contributed by atoms with Crippen molar-refractivity contribution in [2.45, 2.75) is 77.5 Å². The third-order valence-corrected chi connectivity index (χ3v) is 6.38. The molecule has 39 heavy (non-hydrogen) atoms. The summed E-state index contributed by atoms with van der Waals surface area (Å²) in [5, 5.41) is 26.9. The number of phenolic OH excluding ortho intramolecular Hbond substituents is 1. The number of hydrogen-bond acceptors (Lipinski definition) is 7. The molecule has 0 radical (unpaired) electrons. The third kappa shape index (κ3) is 11.6. The van der Waals surface area contributed by atoms with Crippen LogP contribution in [-0.4, -0.2) is 70.6 Å². The van der Waals surface area contributed by atoms with Crippen LogP contribution in [-0.2, 0) is 25.6 Å². The normalized spacial score (nSPS) is 14.8. The monoisotopic (exact) mass is 549 g/mol. The number of carbonyl (C=O) groups is 4. The molecule has 1 aromatic rings. The second-order valence-corrected chi connectivity index (χ2v) is 9.92. The lowest BCUT2D eigenvalue weighted by Crippen LogP contribution is -2.58. The molecule has 11 N–H and O–H groups in total. The van der Waals surface area contributed by atoms with E-state index in [0.29, 0.717) is 18.4 Å². The minimum Gasteiger partial charge on any atom is -0.508 e. The molecule has 3 amide bonds. The number of carboxylic acid groups (broad SMARTS) is 1. The van der Waals surface area contributed by atoms with Crippen LogP contribution in [0.5, 0.6) is 5.75 Å². The van der Waals surface area contributed by atoms with Gasteiger partial charge in [-0.05, 0) is 42.4 Å². The number of rotatable bonds is 16. The summed E-state index contributed by atoms with van der Waals surface area (Å²) in [6.45, 7) is 7.23. The van der Waals surface area contributed by atoms with Gasteiger partial charge in [-0.25, -0.2) is 4.79 Å². The number of aliphatic carboxylic acids is 1. The Kier molecular flexibility index (Phi) is 13.7. The molecular formula is C26H43N7O6. The number of benzene rings is 1. The van der Waals surface area contributed by atoms with E-state index < -0.39 is 53.8 Å². The van der Waals surface area contributed by atoms with Gasteiger partial charge < -0.3 is 43.4 Å². The van der Waals surface area contributed by atoms with Crippen LogP contribution >= 0.6 is 0 Å². The predicted octanol–water partition coefficient (Wildman–Crippen LogP) is -0.443. The van der Waals surface area contributed by atoms with Crippen molar-refractivity contribution in [3.05, 3.63) is 29.8 Å². The summed E-state index contributed by atoms with van der Waals surface area (Å²) in [6, 6.07) is 1.77. The van der Waals surface area contributed by atoms with Gasteiger partial charge >= 0.3 is 5.97 Å². The molecule has 218 valence electrons. The van der Waals surface area contributed by atoms with Crippen molar-refractivity contribution in [1.29, 1.82) is 0 Å². The molecule has 5 unspecified atom stereocenters. The zero-order valence-electron chi connectivity index (χ0n) is 23.0. The summed E-state index contributed by atoms with van der Waals surface area (Å²) < 4.78 is 0. The first-order valence-corrected chi connectivity index (χ1v) is 13.0. The molecule has 0 aliphatic rings. The van der Waals surface area contributed by atoms with Gasteiger partial charge in [0.05, 0.1) is 6.04 Å². The Balaban J connectivity index is 3.21. The fourth-order valence-corrected chi connectivity index (χ4v) is 3.67. The number of carboxylic acids is 1. The zero-order chi connectivity index (χ0) is 29.7. The van der Waals surface area contributed by atoms with Gasteiger partial charge in [-0.2, -0.15) is 0 Å². The Hall–Kier alpha value is -3.87. The van der Waals surface area contributed by atoms with Gasteiger partial charge in [0.1, 0.15) is 23.9 Å². The molecule has 0 aliphatic carbocycles. The van der Waals surface area contributed by atoms with Gasteiger partial charge in [-0.15, -0.1) is 0 Å². The van der Waals surface area contributed by atoms with E-state index in [0.717, 1.165) is 0 Å². The Morgan fingerprint density at radius 3 is 2.00 bits per heavy atom. The van der Waals surface area contributed by atoms with Crippen LogP contribution in [0.1, 0.15) is 52.5 Å². The highest BCUT2D eigenvalue weighted by atomic mass is 16.4. The van der Waals surface area contributed by atoms with E-state index in [-0.39, 0.29) is 37.0 Å². The van der Waals surface area contributed by atoms with E-state index in [4.69, 9.17) is 17.2 Å². The standard InChI is InChI=1S/C26H43N7O6/c1-5-15(4)20(27)24(37)31-18(7-6-12-30-26(28)29)22(35)32-19(13-16-8-10-17(34)11-9-16)23(36)33-21(14(2)3)25(38)39/h8-11,14-15,18-21,34H,5-7,12-13,27H2,1-4H3,(H,31,37)(H,32,35)(H,33,36)(H,38,39)(H4,28,29,30). The fourth-order valence-electron chi connectivity index (χ4n) is 3.67. The first-order valence-electron chi connectivity index (χ1n) is 13.0. The highest BCUT2D eigenvalue weighted by Crippen LogP contribution is 2.13. The minimum absolute atomic E-state index is 0.00331. The molecule has 5 atom stereocenters. The van der Waals surface area contributed by atoms with Crippen LogP contribution < -0.4 is 33.2 Å². The van der Waals surface area contributed by atoms with Crippen molar-refractivity contribution < 1.29 is 29.4 Å². The van der Waals surface area contributed by atoms with Gasteiger partial charge in [0.2, 0.25) is 17.7 Å². The number of phenols is 1. The summed E-state index contributed by atoms with van der Waals surface area (Å²) >= 11 is 0. The van der Waals surface area contributed by atoms with E-state index in [1.165, 1.54) is 12.1 Å². The first-order chi connectivity index (χ1) is 18.3. The number of carbonyl (C=O) groups excluding carboxylic acids is 3. The van der Waals surface area contributed by atoms with Crippen molar-refractivity contribution in [2.24, 2.45) is 34.0 Å². The topological polar surface area (TPSA) is 235 Å². The number of guanidine groups is 1. The van der Waals surface area contributed by atoms with Crippen molar-refractivity contribution in [3.63, 3.8) is 0 Å². The summed E-state index contributed by atoms with van der Waals surface area (Å²) in [7, 11) is 0. The fraction of sp³-hybridized carbons (Fsp3) is 0.577. The van der Waals surface area contributed by atoms with Crippen LogP contribution in [0.25, 0.3) is 0 Å². The first kappa shape index (κ1) is 33.2. The van der Waals surface area contributed by atoms with E-state index in [1.54, 1.807) is 26.0 Å². The zero-order valence-corrected chi connectivity index (χ0v) is 23.0. The van der Waals surface area contributed by atoms with Crippen LogP contribution in [0.3, 0.4) is 0 Å². The molecule has 0 saturated carbocycles. The summed E-state index contributed by atoms with van der Waals surface area (Å²) in [6.07, 6.45) is 1.16. The number of aliphatic imine (C=N–C) groups is 1. The van der Waals surface area contributed by atoms with Gasteiger partial charge in [-0.1, -0.05) is 46.2 Å². The number of nitrogens with two attached hydrogens (primary N) is 3. The molecule has 0 heterocycles. The van der Waals surface area contributed by atoms with Gasteiger partial charge in [0.15, 0.2) is 5.96 Å². The minimum atomic E-state index is -1.21. The molecule has 0 aromatic heterocycles. The second kappa shape index (κ2) is 16.2. The van der Waals surface area contributed by atoms with E-state index in [1.807, 2.05) is 13.8 Å². The molecule has 1 aromatic carbocycles. The number of hydrogen-bond donors (Lipinski definition) is 8. The van der Waals surface area contributed by atoms with Gasteiger partial charge in [-0.3, -0.25) is 19.4 Å². The maximum Gasteiger partial charge on any atom is 0.326 e. The lowest BCUT2D eigenvalue weighted by Gasteiger charge is -2.27. The molecule has 0 aliphatic heterocycles. The van der Waals surface area contributed by atoms with Crippen molar-refractivity contribution in [3.8, 4) is 5.75 Å². The van der Waals surface area contributed by atoms with Crippen molar-refractivity contribution in [1.82, 2.24) is 16.0 Å². The van der Waals surface area contributed by atoms with Crippen molar-refractivity contribution >= 4 is 29.7 Å². The molecule has 0 spiro atoms. The number of aromatic hydroxyl groups is 1.